The number of carbonyl (C=O) groups is 1. The smallest absolute Gasteiger partial charge is 0.343 e. The second-order valence-electron chi connectivity index (χ2n) is 5.14. The average Bonchev–Trinajstić information content (AvgIpc) is 2.57. The molecular weight excluding hydrogens is 321 g/mol. The highest BCUT2D eigenvalue weighted by Crippen LogP contribution is 2.41. The van der Waals surface area contributed by atoms with Crippen molar-refractivity contribution in [3.8, 4) is 5.75 Å². The van der Waals surface area contributed by atoms with Gasteiger partial charge in [0.1, 0.15) is 17.9 Å². The van der Waals surface area contributed by atoms with E-state index >= 15 is 0 Å². The first-order chi connectivity index (χ1) is 11.1. The van der Waals surface area contributed by atoms with Crippen LogP contribution >= 0.6 is 11.6 Å². The zero-order valence-corrected chi connectivity index (χ0v) is 13.3. The van der Waals surface area contributed by atoms with Crippen LogP contribution in [0.4, 0.5) is 10.1 Å². The van der Waals surface area contributed by atoms with Gasteiger partial charge in [-0.2, -0.15) is 0 Å². The lowest BCUT2D eigenvalue weighted by atomic mass is 10.1. The molecule has 6 heteroatoms. The van der Waals surface area contributed by atoms with E-state index in [1.807, 2.05) is 35.2 Å². The van der Waals surface area contributed by atoms with E-state index in [9.17, 15) is 9.18 Å². The molecule has 0 N–H and O–H groups in total. The molecular formula is C17H15ClFNO3. The lowest BCUT2D eigenvalue weighted by Gasteiger charge is -2.33. The molecule has 0 atom stereocenters. The molecule has 1 aliphatic heterocycles. The maximum Gasteiger partial charge on any atom is 0.343 e. The Hall–Kier alpha value is -2.27. The van der Waals surface area contributed by atoms with Gasteiger partial charge in [0.15, 0.2) is 5.82 Å². The van der Waals surface area contributed by atoms with Crippen molar-refractivity contribution in [1.29, 1.82) is 0 Å². The summed E-state index contributed by atoms with van der Waals surface area (Å²) in [6, 6.07) is 11.1. The van der Waals surface area contributed by atoms with Gasteiger partial charge >= 0.3 is 5.97 Å². The molecule has 4 nitrogen and oxygen atoms in total. The molecule has 120 valence electrons. The first-order valence-electron chi connectivity index (χ1n) is 7.13. The quantitative estimate of drug-likeness (QED) is 0.802. The molecule has 0 aliphatic carbocycles. The number of esters is 1. The summed E-state index contributed by atoms with van der Waals surface area (Å²) in [7, 11) is 1.21. The molecule has 2 aromatic carbocycles. The number of hydrogen-bond acceptors (Lipinski definition) is 4. The van der Waals surface area contributed by atoms with E-state index in [-0.39, 0.29) is 10.6 Å². The maximum absolute atomic E-state index is 14.4. The molecule has 0 saturated carbocycles. The van der Waals surface area contributed by atoms with E-state index in [2.05, 4.69) is 0 Å². The van der Waals surface area contributed by atoms with E-state index in [0.29, 0.717) is 31.1 Å². The van der Waals surface area contributed by atoms with Gasteiger partial charge < -0.3 is 14.4 Å². The molecule has 0 amide bonds. The number of rotatable bonds is 3. The Morgan fingerprint density at radius 1 is 1.39 bits per heavy atom. The molecule has 3 rings (SSSR count). The molecule has 2 aromatic rings. The molecule has 0 fully saturated rings. The van der Waals surface area contributed by atoms with Crippen LogP contribution in [-0.4, -0.2) is 26.2 Å². The fourth-order valence-corrected chi connectivity index (χ4v) is 2.84. The summed E-state index contributed by atoms with van der Waals surface area (Å²) < 4.78 is 24.7. The maximum atomic E-state index is 14.4. The number of methoxy groups -OCH3 is 1. The normalized spacial score (nSPS) is 13.3. The van der Waals surface area contributed by atoms with E-state index < -0.39 is 11.8 Å². The average molecular weight is 336 g/mol. The molecule has 0 bridgehead atoms. The predicted molar refractivity (Wildman–Crippen MR) is 85.7 cm³/mol. The standard InChI is InChI=1S/C17H15ClFNO3/c1-22-17(21)14-15(19)12(18)9-13-16(14)20(7-8-23-13)10-11-5-3-2-4-6-11/h2-6,9H,7-8,10H2,1H3. The third-order valence-electron chi connectivity index (χ3n) is 3.70. The highest BCUT2D eigenvalue weighted by molar-refractivity contribution is 6.31. The van der Waals surface area contributed by atoms with Gasteiger partial charge in [-0.05, 0) is 5.56 Å². The van der Waals surface area contributed by atoms with Gasteiger partial charge in [-0.1, -0.05) is 41.9 Å². The van der Waals surface area contributed by atoms with Crippen molar-refractivity contribution in [1.82, 2.24) is 0 Å². The van der Waals surface area contributed by atoms with E-state index in [0.717, 1.165) is 5.56 Å². The summed E-state index contributed by atoms with van der Waals surface area (Å²) in [5.41, 5.74) is 1.24. The van der Waals surface area contributed by atoms with Gasteiger partial charge in [-0.15, -0.1) is 0 Å². The number of halogens is 2. The summed E-state index contributed by atoms with van der Waals surface area (Å²) in [5, 5.41) is -0.161. The third kappa shape index (κ3) is 2.97. The zero-order chi connectivity index (χ0) is 16.4. The molecule has 0 unspecified atom stereocenters. The molecule has 0 aromatic heterocycles. The zero-order valence-electron chi connectivity index (χ0n) is 12.5. The summed E-state index contributed by atoms with van der Waals surface area (Å²) in [4.78, 5) is 14.0. The van der Waals surface area contributed by atoms with Gasteiger partial charge in [0, 0.05) is 12.6 Å². The molecule has 0 spiro atoms. The van der Waals surface area contributed by atoms with E-state index in [4.69, 9.17) is 21.1 Å². The molecule has 1 aliphatic rings. The highest BCUT2D eigenvalue weighted by atomic mass is 35.5. The predicted octanol–water partition coefficient (Wildman–Crippen LogP) is 3.66. The van der Waals surface area contributed by atoms with Crippen molar-refractivity contribution in [2.24, 2.45) is 0 Å². The van der Waals surface area contributed by atoms with Crippen molar-refractivity contribution in [2.45, 2.75) is 6.54 Å². The molecule has 1 heterocycles. The Kier molecular flexibility index (Phi) is 4.39. The van der Waals surface area contributed by atoms with Gasteiger partial charge in [-0.25, -0.2) is 9.18 Å². The highest BCUT2D eigenvalue weighted by Gasteiger charge is 2.30. The fraction of sp³-hybridized carbons (Fsp3) is 0.235. The van der Waals surface area contributed by atoms with Crippen molar-refractivity contribution in [2.75, 3.05) is 25.2 Å². The summed E-state index contributed by atoms with van der Waals surface area (Å²) in [5.74, 6) is -1.18. The third-order valence-corrected chi connectivity index (χ3v) is 3.97. The van der Waals surface area contributed by atoms with Crippen LogP contribution in [0.2, 0.25) is 5.02 Å². The second kappa shape index (κ2) is 6.46. The first kappa shape index (κ1) is 15.6. The van der Waals surface area contributed by atoms with E-state index in [1.165, 1.54) is 13.2 Å². The van der Waals surface area contributed by atoms with Crippen molar-refractivity contribution in [3.63, 3.8) is 0 Å². The fourth-order valence-electron chi connectivity index (χ4n) is 2.65. The number of nitrogens with zero attached hydrogens (tertiary/aromatic N) is 1. The van der Waals surface area contributed by atoms with Crippen molar-refractivity contribution < 1.29 is 18.7 Å². The minimum atomic E-state index is -0.791. The Morgan fingerprint density at radius 3 is 2.83 bits per heavy atom. The summed E-state index contributed by atoms with van der Waals surface area (Å²) in [6.45, 7) is 1.50. The van der Waals surface area contributed by atoms with Gasteiger partial charge in [0.05, 0.1) is 24.4 Å². The topological polar surface area (TPSA) is 38.8 Å². The van der Waals surface area contributed by atoms with Crippen LogP contribution in [0.5, 0.6) is 5.75 Å². The van der Waals surface area contributed by atoms with Gasteiger partial charge in [0.2, 0.25) is 0 Å². The number of benzene rings is 2. The minimum Gasteiger partial charge on any atom is -0.489 e. The Morgan fingerprint density at radius 2 is 2.13 bits per heavy atom. The lowest BCUT2D eigenvalue weighted by molar-refractivity contribution is 0.0595. The number of hydrogen-bond donors (Lipinski definition) is 0. The first-order valence-corrected chi connectivity index (χ1v) is 7.51. The lowest BCUT2D eigenvalue weighted by Crippen LogP contribution is -2.34. The molecule has 0 saturated heterocycles. The monoisotopic (exact) mass is 335 g/mol. The van der Waals surface area contributed by atoms with Crippen molar-refractivity contribution in [3.05, 3.63) is 58.4 Å². The summed E-state index contributed by atoms with van der Waals surface area (Å²) >= 11 is 5.88. The van der Waals surface area contributed by atoms with Crippen LogP contribution in [0.15, 0.2) is 36.4 Å². The number of anilines is 1. The van der Waals surface area contributed by atoms with Crippen LogP contribution in [0.1, 0.15) is 15.9 Å². The molecule has 0 radical (unpaired) electrons. The molecule has 23 heavy (non-hydrogen) atoms. The SMILES string of the molecule is COC(=O)c1c(F)c(Cl)cc2c1N(Cc1ccccc1)CCO2. The Labute approximate surface area is 138 Å². The second-order valence-corrected chi connectivity index (χ2v) is 5.55. The Balaban J connectivity index is 2.09. The van der Waals surface area contributed by atoms with Crippen LogP contribution in [0.25, 0.3) is 0 Å². The number of fused-ring (bicyclic) bond motifs is 1. The number of ether oxygens (including phenoxy) is 2. The number of carbonyl (C=O) groups excluding carboxylic acids is 1. The largest absolute Gasteiger partial charge is 0.489 e. The van der Waals surface area contributed by atoms with Crippen LogP contribution in [0.3, 0.4) is 0 Å². The van der Waals surface area contributed by atoms with Gasteiger partial charge in [0.25, 0.3) is 0 Å². The van der Waals surface area contributed by atoms with Crippen molar-refractivity contribution >= 4 is 23.3 Å². The van der Waals surface area contributed by atoms with Crippen LogP contribution < -0.4 is 9.64 Å². The minimum absolute atomic E-state index is 0.161. The Bertz CT molecular complexity index is 736. The van der Waals surface area contributed by atoms with Gasteiger partial charge in [-0.3, -0.25) is 0 Å². The summed E-state index contributed by atoms with van der Waals surface area (Å²) in [6.07, 6.45) is 0. The van der Waals surface area contributed by atoms with E-state index in [1.54, 1.807) is 0 Å². The van der Waals surface area contributed by atoms with Crippen LogP contribution in [-0.2, 0) is 11.3 Å². The van der Waals surface area contributed by atoms with Crippen LogP contribution in [0, 0.1) is 5.82 Å².